The molecular weight excluding hydrogens is 360 g/mol. The molecule has 27 heavy (non-hydrogen) atoms. The summed E-state index contributed by atoms with van der Waals surface area (Å²) in [6.45, 7) is 5.79. The van der Waals surface area contributed by atoms with Crippen LogP contribution in [0.5, 0.6) is 0 Å². The van der Waals surface area contributed by atoms with Crippen LogP contribution in [0.1, 0.15) is 34.6 Å². The van der Waals surface area contributed by atoms with E-state index < -0.39 is 0 Å². The van der Waals surface area contributed by atoms with Crippen molar-refractivity contribution in [3.63, 3.8) is 0 Å². The van der Waals surface area contributed by atoms with Crippen LogP contribution in [0.4, 0.5) is 5.13 Å². The number of likely N-dealkylation sites (tertiary alicyclic amines) is 2. The maximum Gasteiger partial charge on any atom is 0.273 e. The Morgan fingerprint density at radius 3 is 2.67 bits per heavy atom. The zero-order valence-electron chi connectivity index (χ0n) is 15.8. The van der Waals surface area contributed by atoms with Gasteiger partial charge in [-0.25, -0.2) is 4.98 Å². The summed E-state index contributed by atoms with van der Waals surface area (Å²) in [6, 6.07) is 8.29. The summed E-state index contributed by atoms with van der Waals surface area (Å²) >= 11 is 1.44. The van der Waals surface area contributed by atoms with Crippen LogP contribution < -0.4 is 5.32 Å². The number of hydrogen-bond acceptors (Lipinski definition) is 5. The normalized spacial score (nSPS) is 24.2. The van der Waals surface area contributed by atoms with Crippen molar-refractivity contribution in [2.24, 2.45) is 11.8 Å². The second-order valence-electron chi connectivity index (χ2n) is 7.39. The average molecular weight is 385 g/mol. The number of aryl methyl sites for hydroxylation is 1. The van der Waals surface area contributed by atoms with Gasteiger partial charge in [-0.3, -0.25) is 9.59 Å². The van der Waals surface area contributed by atoms with Crippen molar-refractivity contribution >= 4 is 28.3 Å². The van der Waals surface area contributed by atoms with Crippen LogP contribution in [0, 0.1) is 18.8 Å². The molecule has 3 atom stereocenters. The Kier molecular flexibility index (Phi) is 4.63. The minimum atomic E-state index is -0.0138. The third-order valence-corrected chi connectivity index (χ3v) is 6.66. The van der Waals surface area contributed by atoms with Crippen LogP contribution in [0.3, 0.4) is 0 Å². The standard InChI is InChI=1S/C20H24N4O2S/c1-12-6-4-5-7-15(12)18-16-10-23(8-14(16)9-24(18)13(2)25)19(26)17-11-27-20(21-3)22-17/h4-7,11,14,16,18H,8-10H2,1-3H3,(H,21,22)/t14-,16-,18-/m1/s1. The Hall–Kier alpha value is -2.41. The smallest absolute Gasteiger partial charge is 0.273 e. The highest BCUT2D eigenvalue weighted by atomic mass is 32.1. The molecule has 3 heterocycles. The van der Waals surface area contributed by atoms with Gasteiger partial charge in [-0.15, -0.1) is 11.3 Å². The van der Waals surface area contributed by atoms with E-state index in [9.17, 15) is 9.59 Å². The number of thiazole rings is 1. The van der Waals surface area contributed by atoms with Gasteiger partial charge in [0.25, 0.3) is 5.91 Å². The van der Waals surface area contributed by atoms with Gasteiger partial charge in [-0.1, -0.05) is 24.3 Å². The van der Waals surface area contributed by atoms with E-state index in [0.29, 0.717) is 31.2 Å². The van der Waals surface area contributed by atoms with Gasteiger partial charge in [0.15, 0.2) is 5.13 Å². The van der Waals surface area contributed by atoms with Crippen molar-refractivity contribution in [1.29, 1.82) is 0 Å². The summed E-state index contributed by atoms with van der Waals surface area (Å²) in [6.07, 6.45) is 0. The summed E-state index contributed by atoms with van der Waals surface area (Å²) in [4.78, 5) is 33.4. The summed E-state index contributed by atoms with van der Waals surface area (Å²) in [7, 11) is 1.80. The molecule has 2 saturated heterocycles. The maximum atomic E-state index is 12.9. The quantitative estimate of drug-likeness (QED) is 0.884. The predicted octanol–water partition coefficient (Wildman–Crippen LogP) is 2.78. The van der Waals surface area contributed by atoms with E-state index in [4.69, 9.17) is 0 Å². The molecule has 1 N–H and O–H groups in total. The Balaban J connectivity index is 1.59. The fraction of sp³-hybridized carbons (Fsp3) is 0.450. The maximum absolute atomic E-state index is 12.9. The molecule has 4 rings (SSSR count). The third-order valence-electron chi connectivity index (χ3n) is 5.80. The average Bonchev–Trinajstić information content (AvgIpc) is 3.35. The SMILES string of the molecule is CNc1nc(C(=O)N2C[C@@H]3CN(C(C)=O)[C@H](c4ccccc4C)[C@@H]3C2)cs1. The van der Waals surface area contributed by atoms with Crippen LogP contribution in [0.25, 0.3) is 0 Å². The molecule has 2 amide bonds. The lowest BCUT2D eigenvalue weighted by Gasteiger charge is -2.30. The molecule has 0 saturated carbocycles. The zero-order chi connectivity index (χ0) is 19.1. The van der Waals surface area contributed by atoms with Gasteiger partial charge in [-0.05, 0) is 18.1 Å². The fourth-order valence-electron chi connectivity index (χ4n) is 4.50. The number of hydrogen-bond donors (Lipinski definition) is 1. The zero-order valence-corrected chi connectivity index (χ0v) is 16.6. The highest BCUT2D eigenvalue weighted by Crippen LogP contribution is 2.46. The number of carbonyl (C=O) groups excluding carboxylic acids is 2. The topological polar surface area (TPSA) is 65.5 Å². The van der Waals surface area contributed by atoms with Crippen molar-refractivity contribution in [3.8, 4) is 0 Å². The van der Waals surface area contributed by atoms with Gasteiger partial charge >= 0.3 is 0 Å². The molecule has 7 heteroatoms. The number of rotatable bonds is 3. The fourth-order valence-corrected chi connectivity index (χ4v) is 5.15. The van der Waals surface area contributed by atoms with Crippen molar-refractivity contribution in [2.75, 3.05) is 32.0 Å². The van der Waals surface area contributed by atoms with Gasteiger partial charge in [0, 0.05) is 50.8 Å². The van der Waals surface area contributed by atoms with Crippen molar-refractivity contribution in [1.82, 2.24) is 14.8 Å². The molecule has 2 fully saturated rings. The number of nitrogens with zero attached hydrogens (tertiary/aromatic N) is 3. The molecular formula is C20H24N4O2S. The summed E-state index contributed by atoms with van der Waals surface area (Å²) in [5.41, 5.74) is 2.89. The highest BCUT2D eigenvalue weighted by molar-refractivity contribution is 7.13. The summed E-state index contributed by atoms with van der Waals surface area (Å²) < 4.78 is 0. The third kappa shape index (κ3) is 3.10. The lowest BCUT2D eigenvalue weighted by Crippen LogP contribution is -2.36. The number of nitrogens with one attached hydrogen (secondary N) is 1. The molecule has 0 aliphatic carbocycles. The van der Waals surface area contributed by atoms with Gasteiger partial charge in [0.2, 0.25) is 5.91 Å². The summed E-state index contributed by atoms with van der Waals surface area (Å²) in [5.74, 6) is 0.667. The number of aromatic nitrogens is 1. The Bertz CT molecular complexity index is 880. The van der Waals surface area contributed by atoms with Crippen LogP contribution in [-0.2, 0) is 4.79 Å². The molecule has 2 aliphatic heterocycles. The number of fused-ring (bicyclic) bond motifs is 1. The van der Waals surface area contributed by atoms with Crippen LogP contribution >= 0.6 is 11.3 Å². The lowest BCUT2D eigenvalue weighted by atomic mass is 9.87. The van der Waals surface area contributed by atoms with E-state index in [-0.39, 0.29) is 23.8 Å². The predicted molar refractivity (Wildman–Crippen MR) is 106 cm³/mol. The van der Waals surface area contributed by atoms with Crippen LogP contribution in [-0.4, -0.2) is 53.3 Å². The Morgan fingerprint density at radius 1 is 1.22 bits per heavy atom. The second kappa shape index (κ2) is 6.96. The van der Waals surface area contributed by atoms with Crippen molar-refractivity contribution in [2.45, 2.75) is 19.9 Å². The van der Waals surface area contributed by atoms with Gasteiger partial charge in [0.05, 0.1) is 6.04 Å². The minimum Gasteiger partial charge on any atom is -0.365 e. The molecule has 2 aromatic rings. The Labute approximate surface area is 163 Å². The first kappa shape index (κ1) is 18.0. The number of anilines is 1. The van der Waals surface area contributed by atoms with E-state index in [1.54, 1.807) is 14.0 Å². The number of benzene rings is 1. The number of carbonyl (C=O) groups is 2. The van der Waals surface area contributed by atoms with Crippen LogP contribution in [0.2, 0.25) is 0 Å². The van der Waals surface area contributed by atoms with Gasteiger partial charge in [-0.2, -0.15) is 0 Å². The first-order chi connectivity index (χ1) is 13.0. The van der Waals surface area contributed by atoms with Crippen molar-refractivity contribution in [3.05, 3.63) is 46.5 Å². The molecule has 1 aromatic carbocycles. The largest absolute Gasteiger partial charge is 0.365 e. The second-order valence-corrected chi connectivity index (χ2v) is 8.25. The molecule has 0 radical (unpaired) electrons. The van der Waals surface area contributed by atoms with E-state index in [0.717, 1.165) is 5.13 Å². The van der Waals surface area contributed by atoms with Gasteiger partial charge < -0.3 is 15.1 Å². The van der Waals surface area contributed by atoms with E-state index in [2.05, 4.69) is 29.4 Å². The molecule has 1 aromatic heterocycles. The molecule has 0 spiro atoms. The van der Waals surface area contributed by atoms with Crippen LogP contribution in [0.15, 0.2) is 29.6 Å². The molecule has 2 aliphatic rings. The monoisotopic (exact) mass is 384 g/mol. The number of amides is 2. The van der Waals surface area contributed by atoms with E-state index in [1.807, 2.05) is 27.3 Å². The molecule has 6 nitrogen and oxygen atoms in total. The summed E-state index contributed by atoms with van der Waals surface area (Å²) in [5, 5.41) is 5.54. The first-order valence-corrected chi connectivity index (χ1v) is 10.1. The van der Waals surface area contributed by atoms with E-state index in [1.165, 1.54) is 22.5 Å². The van der Waals surface area contributed by atoms with Gasteiger partial charge in [0.1, 0.15) is 5.69 Å². The molecule has 0 unspecified atom stereocenters. The van der Waals surface area contributed by atoms with E-state index >= 15 is 0 Å². The Morgan fingerprint density at radius 2 is 2.00 bits per heavy atom. The van der Waals surface area contributed by atoms with Crippen molar-refractivity contribution < 1.29 is 9.59 Å². The molecule has 0 bridgehead atoms. The molecule has 142 valence electrons. The lowest BCUT2D eigenvalue weighted by molar-refractivity contribution is -0.130. The highest BCUT2D eigenvalue weighted by Gasteiger charge is 2.49. The first-order valence-electron chi connectivity index (χ1n) is 9.25. The minimum absolute atomic E-state index is 0.0138.